The summed E-state index contributed by atoms with van der Waals surface area (Å²) >= 11 is 0. The fourth-order valence-electron chi connectivity index (χ4n) is 6.14. The highest BCUT2D eigenvalue weighted by atomic mass is 15.2. The Hall–Kier alpha value is -0.0400. The van der Waals surface area contributed by atoms with Crippen LogP contribution in [0.1, 0.15) is 85.5 Å². The molecule has 22 heavy (non-hydrogen) atoms. The van der Waals surface area contributed by atoms with Crippen LogP contribution in [0.2, 0.25) is 0 Å². The maximum absolute atomic E-state index is 2.85. The first-order chi connectivity index (χ1) is 10.5. The molecule has 3 fully saturated rings. The van der Waals surface area contributed by atoms with Gasteiger partial charge >= 0.3 is 0 Å². The summed E-state index contributed by atoms with van der Waals surface area (Å²) in [7, 11) is 0. The minimum atomic E-state index is 0.748. The van der Waals surface area contributed by atoms with Gasteiger partial charge < -0.3 is 4.90 Å². The van der Waals surface area contributed by atoms with Crippen LogP contribution >= 0.6 is 0 Å². The standard InChI is InChI=1S/C21H39N/c1-16(2)20-10-11-21(20)12-14-22(15-13-21)18(4)17(3)19-8-6-5-7-9-19/h16-20H,5-15H2,1-4H3. The van der Waals surface area contributed by atoms with Crippen LogP contribution in [0, 0.1) is 29.1 Å². The molecular weight excluding hydrogens is 266 g/mol. The Morgan fingerprint density at radius 1 is 0.818 bits per heavy atom. The van der Waals surface area contributed by atoms with Crippen LogP contribution in [-0.2, 0) is 0 Å². The highest BCUT2D eigenvalue weighted by Crippen LogP contribution is 2.56. The molecule has 1 nitrogen and oxygen atoms in total. The van der Waals surface area contributed by atoms with Gasteiger partial charge in [-0.1, -0.05) is 52.9 Å². The average Bonchev–Trinajstić information content (AvgIpc) is 2.53. The van der Waals surface area contributed by atoms with Crippen molar-refractivity contribution >= 4 is 0 Å². The lowest BCUT2D eigenvalue weighted by Crippen LogP contribution is -2.53. The molecule has 2 saturated carbocycles. The van der Waals surface area contributed by atoms with Gasteiger partial charge in [-0.3, -0.25) is 0 Å². The minimum absolute atomic E-state index is 0.748. The van der Waals surface area contributed by atoms with Gasteiger partial charge in [-0.05, 0) is 74.8 Å². The molecule has 0 aromatic rings. The van der Waals surface area contributed by atoms with Crippen LogP contribution in [-0.4, -0.2) is 24.0 Å². The lowest BCUT2D eigenvalue weighted by molar-refractivity contribution is -0.0693. The van der Waals surface area contributed by atoms with E-state index in [-0.39, 0.29) is 0 Å². The third-order valence-corrected chi connectivity index (χ3v) is 8.07. The molecule has 1 heterocycles. The van der Waals surface area contributed by atoms with Crippen molar-refractivity contribution in [2.24, 2.45) is 29.1 Å². The van der Waals surface area contributed by atoms with Crippen molar-refractivity contribution in [2.45, 2.75) is 91.5 Å². The van der Waals surface area contributed by atoms with Crippen LogP contribution in [0.4, 0.5) is 0 Å². The Kier molecular flexibility index (Phi) is 5.22. The summed E-state index contributed by atoms with van der Waals surface area (Å²) in [6.45, 7) is 12.7. The first-order valence-corrected chi connectivity index (χ1v) is 10.3. The Labute approximate surface area is 139 Å². The van der Waals surface area contributed by atoms with Gasteiger partial charge in [0.2, 0.25) is 0 Å². The smallest absolute Gasteiger partial charge is 0.00952 e. The van der Waals surface area contributed by atoms with Crippen LogP contribution in [0.25, 0.3) is 0 Å². The van der Waals surface area contributed by atoms with E-state index in [4.69, 9.17) is 0 Å². The Morgan fingerprint density at radius 2 is 1.45 bits per heavy atom. The van der Waals surface area contributed by atoms with Gasteiger partial charge in [-0.2, -0.15) is 0 Å². The van der Waals surface area contributed by atoms with Gasteiger partial charge in [0, 0.05) is 6.04 Å². The van der Waals surface area contributed by atoms with E-state index < -0.39 is 0 Å². The molecule has 3 rings (SSSR count). The molecule has 3 atom stereocenters. The zero-order valence-electron chi connectivity index (χ0n) is 15.6. The molecule has 0 bridgehead atoms. The SMILES string of the molecule is CC(C)C1CCC12CCN(C(C)C(C)C1CCCCC1)CC2. The van der Waals surface area contributed by atoms with Gasteiger partial charge in [0.05, 0.1) is 0 Å². The number of nitrogens with zero attached hydrogens (tertiary/aromatic N) is 1. The van der Waals surface area contributed by atoms with E-state index >= 15 is 0 Å². The topological polar surface area (TPSA) is 3.24 Å². The van der Waals surface area contributed by atoms with E-state index in [0.717, 1.165) is 35.1 Å². The molecule has 3 unspecified atom stereocenters. The van der Waals surface area contributed by atoms with Gasteiger partial charge in [-0.15, -0.1) is 0 Å². The summed E-state index contributed by atoms with van der Waals surface area (Å²) in [5.74, 6) is 3.84. The van der Waals surface area contributed by atoms with E-state index in [1.807, 2.05) is 0 Å². The second kappa shape index (κ2) is 6.83. The monoisotopic (exact) mass is 305 g/mol. The van der Waals surface area contributed by atoms with E-state index in [1.54, 1.807) is 0 Å². The fourth-order valence-corrected chi connectivity index (χ4v) is 6.14. The summed E-state index contributed by atoms with van der Waals surface area (Å²) in [6.07, 6.45) is 13.5. The normalized spacial score (nSPS) is 32.9. The molecule has 2 aliphatic carbocycles. The number of rotatable bonds is 4. The molecule has 1 saturated heterocycles. The number of hydrogen-bond donors (Lipinski definition) is 0. The summed E-state index contributed by atoms with van der Waals surface area (Å²) in [5.41, 5.74) is 0.748. The van der Waals surface area contributed by atoms with Gasteiger partial charge in [0.1, 0.15) is 0 Å². The molecule has 1 spiro atoms. The highest BCUT2D eigenvalue weighted by Gasteiger charge is 2.49. The van der Waals surface area contributed by atoms with Gasteiger partial charge in [0.15, 0.2) is 0 Å². The van der Waals surface area contributed by atoms with Gasteiger partial charge in [-0.25, -0.2) is 0 Å². The Morgan fingerprint density at radius 3 is 1.95 bits per heavy atom. The third kappa shape index (κ3) is 3.12. The molecule has 0 aromatic heterocycles. The lowest BCUT2D eigenvalue weighted by Gasteiger charge is -2.57. The third-order valence-electron chi connectivity index (χ3n) is 8.07. The molecule has 128 valence electrons. The molecule has 3 aliphatic rings. The van der Waals surface area contributed by atoms with E-state index in [0.29, 0.717) is 0 Å². The Bertz CT molecular complexity index is 347. The summed E-state index contributed by atoms with van der Waals surface area (Å²) in [5, 5.41) is 0. The molecule has 1 heteroatoms. The zero-order chi connectivity index (χ0) is 15.7. The highest BCUT2D eigenvalue weighted by molar-refractivity contribution is 5.00. The number of hydrogen-bond acceptors (Lipinski definition) is 1. The van der Waals surface area contributed by atoms with Crippen LogP contribution in [0.5, 0.6) is 0 Å². The summed E-state index contributed by atoms with van der Waals surface area (Å²) in [4.78, 5) is 2.85. The number of piperidine rings is 1. The molecule has 0 N–H and O–H groups in total. The van der Waals surface area contributed by atoms with Crippen LogP contribution in [0.3, 0.4) is 0 Å². The van der Waals surface area contributed by atoms with Crippen molar-refractivity contribution in [1.82, 2.24) is 4.90 Å². The van der Waals surface area contributed by atoms with Crippen LogP contribution in [0.15, 0.2) is 0 Å². The maximum Gasteiger partial charge on any atom is 0.00952 e. The molecular formula is C21H39N. The second-order valence-corrected chi connectivity index (χ2v) is 9.29. The molecule has 1 aliphatic heterocycles. The molecule has 0 radical (unpaired) electrons. The van der Waals surface area contributed by atoms with Crippen molar-refractivity contribution in [2.75, 3.05) is 13.1 Å². The van der Waals surface area contributed by atoms with Gasteiger partial charge in [0.25, 0.3) is 0 Å². The predicted octanol–water partition coefficient (Wildman–Crippen LogP) is 5.74. The van der Waals surface area contributed by atoms with E-state index in [2.05, 4.69) is 32.6 Å². The average molecular weight is 306 g/mol. The largest absolute Gasteiger partial charge is 0.300 e. The predicted molar refractivity (Wildman–Crippen MR) is 96.0 cm³/mol. The van der Waals surface area contributed by atoms with E-state index in [9.17, 15) is 0 Å². The molecule has 0 aromatic carbocycles. The second-order valence-electron chi connectivity index (χ2n) is 9.29. The van der Waals surface area contributed by atoms with Crippen molar-refractivity contribution in [3.05, 3.63) is 0 Å². The number of likely N-dealkylation sites (tertiary alicyclic amines) is 1. The lowest BCUT2D eigenvalue weighted by atomic mass is 9.52. The minimum Gasteiger partial charge on any atom is -0.300 e. The summed E-state index contributed by atoms with van der Waals surface area (Å²) in [6, 6.07) is 0.804. The first-order valence-electron chi connectivity index (χ1n) is 10.3. The quantitative estimate of drug-likeness (QED) is 0.640. The van der Waals surface area contributed by atoms with Crippen molar-refractivity contribution in [3.8, 4) is 0 Å². The first kappa shape index (κ1) is 16.8. The zero-order valence-corrected chi connectivity index (χ0v) is 15.6. The van der Waals surface area contributed by atoms with Crippen molar-refractivity contribution < 1.29 is 0 Å². The maximum atomic E-state index is 2.85. The van der Waals surface area contributed by atoms with Crippen molar-refractivity contribution in [3.63, 3.8) is 0 Å². The molecule has 0 amide bonds. The summed E-state index contributed by atoms with van der Waals surface area (Å²) < 4.78 is 0. The Balaban J connectivity index is 1.52. The van der Waals surface area contributed by atoms with E-state index in [1.165, 1.54) is 70.9 Å². The van der Waals surface area contributed by atoms with Crippen molar-refractivity contribution in [1.29, 1.82) is 0 Å². The fraction of sp³-hybridized carbons (Fsp3) is 1.00. The van der Waals surface area contributed by atoms with Crippen LogP contribution < -0.4 is 0 Å².